The minimum absolute atomic E-state index is 0.0697. The van der Waals surface area contributed by atoms with Crippen molar-refractivity contribution in [2.45, 2.75) is 32.1 Å². The quantitative estimate of drug-likeness (QED) is 0.497. The lowest BCUT2D eigenvalue weighted by Gasteiger charge is -2.39. The molecule has 0 saturated heterocycles. The van der Waals surface area contributed by atoms with E-state index in [1.165, 1.54) is 25.3 Å². The Morgan fingerprint density at radius 1 is 0.895 bits per heavy atom. The van der Waals surface area contributed by atoms with Crippen LogP contribution in [0.4, 0.5) is 0 Å². The molecule has 1 aliphatic rings. The van der Waals surface area contributed by atoms with E-state index in [0.29, 0.717) is 0 Å². The van der Waals surface area contributed by atoms with Gasteiger partial charge in [-0.2, -0.15) is 0 Å². The first-order valence-electron chi connectivity index (χ1n) is 6.79. The van der Waals surface area contributed by atoms with Gasteiger partial charge in [-0.1, -0.05) is 63.8 Å². The molecule has 1 nitrogen and oxygen atoms in total. The Bertz CT molecular complexity index is 429. The van der Waals surface area contributed by atoms with Gasteiger partial charge in [-0.15, -0.1) is 0 Å². The molecule has 0 amide bonds. The van der Waals surface area contributed by atoms with Crippen LogP contribution in [0.25, 0.3) is 0 Å². The average molecular weight is 256 g/mol. The summed E-state index contributed by atoms with van der Waals surface area (Å²) in [4.78, 5) is 0. The normalized spacial score (nSPS) is 19.6. The van der Waals surface area contributed by atoms with Crippen LogP contribution in [0.5, 0.6) is 0 Å². The van der Waals surface area contributed by atoms with Gasteiger partial charge in [0.15, 0.2) is 0 Å². The fraction of sp³-hybridized carbons (Fsp3) is 0.333. The number of aliphatic hydroxyl groups is 1. The van der Waals surface area contributed by atoms with Gasteiger partial charge in [0.2, 0.25) is 0 Å². The van der Waals surface area contributed by atoms with Crippen LogP contribution in [0.3, 0.4) is 0 Å². The molecule has 19 heavy (non-hydrogen) atoms. The summed E-state index contributed by atoms with van der Waals surface area (Å²) in [5.41, 5.74) is 2.08. The summed E-state index contributed by atoms with van der Waals surface area (Å²) in [6.45, 7) is 15.5. The number of hydrogen-bond acceptors (Lipinski definition) is 1. The maximum atomic E-state index is 9.50. The van der Waals surface area contributed by atoms with E-state index in [-0.39, 0.29) is 11.2 Å². The van der Waals surface area contributed by atoms with Crippen molar-refractivity contribution in [3.63, 3.8) is 0 Å². The lowest BCUT2D eigenvalue weighted by molar-refractivity contribution is 0.301. The smallest absolute Gasteiger partial charge is 0.114 e. The van der Waals surface area contributed by atoms with Gasteiger partial charge in [-0.25, -0.2) is 0 Å². The van der Waals surface area contributed by atoms with E-state index in [2.05, 4.69) is 26.3 Å². The molecule has 1 fully saturated rings. The molecule has 0 spiro atoms. The van der Waals surface area contributed by atoms with Crippen molar-refractivity contribution in [2.75, 3.05) is 0 Å². The van der Waals surface area contributed by atoms with E-state index in [9.17, 15) is 5.11 Å². The molecule has 0 aliphatic heterocycles. The molecule has 1 heteroatoms. The topological polar surface area (TPSA) is 20.2 Å². The van der Waals surface area contributed by atoms with Crippen LogP contribution in [0.15, 0.2) is 73.6 Å². The summed E-state index contributed by atoms with van der Waals surface area (Å²) >= 11 is 0. The van der Waals surface area contributed by atoms with Crippen LogP contribution in [-0.4, -0.2) is 5.11 Å². The summed E-state index contributed by atoms with van der Waals surface area (Å²) in [5.74, 6) is 0.162. The van der Waals surface area contributed by atoms with E-state index in [1.807, 2.05) is 18.2 Å². The highest BCUT2D eigenvalue weighted by atomic mass is 16.3. The molecule has 1 aliphatic carbocycles. The number of hydrogen-bond donors (Lipinski definition) is 1. The van der Waals surface area contributed by atoms with Crippen molar-refractivity contribution < 1.29 is 5.11 Å². The first kappa shape index (κ1) is 15.3. The fourth-order valence-corrected chi connectivity index (χ4v) is 2.81. The maximum Gasteiger partial charge on any atom is 0.114 e. The molecule has 0 heterocycles. The average Bonchev–Trinajstić information content (AvgIpc) is 2.47. The summed E-state index contributed by atoms with van der Waals surface area (Å²) in [7, 11) is 0. The van der Waals surface area contributed by atoms with Gasteiger partial charge in [0.25, 0.3) is 0 Å². The molecule has 0 atom stereocenters. The van der Waals surface area contributed by atoms with E-state index in [4.69, 9.17) is 0 Å². The van der Waals surface area contributed by atoms with Crippen LogP contribution < -0.4 is 0 Å². The Labute approximate surface area is 117 Å². The van der Waals surface area contributed by atoms with Gasteiger partial charge in [-0.05, 0) is 36.1 Å². The highest BCUT2D eigenvalue weighted by Crippen LogP contribution is 2.48. The van der Waals surface area contributed by atoms with E-state index in [1.54, 1.807) is 6.08 Å². The van der Waals surface area contributed by atoms with Gasteiger partial charge in [0.1, 0.15) is 5.76 Å². The molecule has 1 rings (SSSR count). The molecule has 0 aromatic carbocycles. The Morgan fingerprint density at radius 2 is 1.53 bits per heavy atom. The standard InChI is InChI=1S/C18H24O/c1-5-15(4)18(13-9-8-10-14-18)16(6-2)11-12-17(19)7-3/h5-7,11-12,19H,1-4,8-10,13-14H2/b16-11+,17-12+. The maximum absolute atomic E-state index is 9.50. The summed E-state index contributed by atoms with van der Waals surface area (Å²) in [5, 5.41) is 9.50. The zero-order valence-electron chi connectivity index (χ0n) is 11.7. The molecule has 0 unspecified atom stereocenters. The van der Waals surface area contributed by atoms with Crippen LogP contribution in [0.2, 0.25) is 0 Å². The summed E-state index contributed by atoms with van der Waals surface area (Å²) in [6, 6.07) is 0. The van der Waals surface area contributed by atoms with E-state index >= 15 is 0 Å². The molecular formula is C18H24O. The molecule has 0 radical (unpaired) electrons. The lowest BCUT2D eigenvalue weighted by Crippen LogP contribution is -2.27. The SMILES string of the molecule is C=CC(=C)C1(/C(C=C)=C/C=C(/O)C=C)CCCCC1. The van der Waals surface area contributed by atoms with Crippen molar-refractivity contribution in [3.05, 3.63) is 73.6 Å². The predicted octanol–water partition coefficient (Wildman–Crippen LogP) is 5.42. The zero-order valence-corrected chi connectivity index (χ0v) is 11.7. The second kappa shape index (κ2) is 6.98. The minimum Gasteiger partial charge on any atom is -0.508 e. The van der Waals surface area contributed by atoms with Crippen molar-refractivity contribution in [2.24, 2.45) is 5.41 Å². The van der Waals surface area contributed by atoms with E-state index in [0.717, 1.165) is 24.0 Å². The van der Waals surface area contributed by atoms with Gasteiger partial charge in [-0.3, -0.25) is 0 Å². The molecule has 102 valence electrons. The highest BCUT2D eigenvalue weighted by Gasteiger charge is 2.35. The third-order valence-corrected chi connectivity index (χ3v) is 3.98. The Hall–Kier alpha value is -1.76. The van der Waals surface area contributed by atoms with Crippen molar-refractivity contribution in [1.29, 1.82) is 0 Å². The Morgan fingerprint density at radius 3 is 2.00 bits per heavy atom. The van der Waals surface area contributed by atoms with Crippen LogP contribution in [0, 0.1) is 5.41 Å². The molecule has 0 aromatic rings. The monoisotopic (exact) mass is 256 g/mol. The first-order chi connectivity index (χ1) is 9.10. The molecular weight excluding hydrogens is 232 g/mol. The summed E-state index contributed by atoms with van der Waals surface area (Å²) in [6.07, 6.45) is 14.5. The molecule has 1 N–H and O–H groups in total. The van der Waals surface area contributed by atoms with Crippen LogP contribution in [0.1, 0.15) is 32.1 Å². The zero-order chi connectivity index (χ0) is 14.3. The summed E-state index contributed by atoms with van der Waals surface area (Å²) < 4.78 is 0. The third kappa shape index (κ3) is 3.37. The number of allylic oxidation sites excluding steroid dienone is 7. The van der Waals surface area contributed by atoms with Crippen molar-refractivity contribution in [3.8, 4) is 0 Å². The second-order valence-electron chi connectivity index (χ2n) is 4.99. The second-order valence-corrected chi connectivity index (χ2v) is 4.99. The highest BCUT2D eigenvalue weighted by molar-refractivity contribution is 5.41. The molecule has 0 bridgehead atoms. The lowest BCUT2D eigenvalue weighted by atomic mass is 9.64. The van der Waals surface area contributed by atoms with Crippen molar-refractivity contribution >= 4 is 0 Å². The van der Waals surface area contributed by atoms with Crippen molar-refractivity contribution in [1.82, 2.24) is 0 Å². The van der Waals surface area contributed by atoms with Crippen LogP contribution >= 0.6 is 0 Å². The van der Waals surface area contributed by atoms with Gasteiger partial charge in [0, 0.05) is 5.41 Å². The largest absolute Gasteiger partial charge is 0.508 e. The number of aliphatic hydroxyl groups excluding tert-OH is 1. The fourth-order valence-electron chi connectivity index (χ4n) is 2.81. The van der Waals surface area contributed by atoms with E-state index < -0.39 is 0 Å². The predicted molar refractivity (Wildman–Crippen MR) is 84.0 cm³/mol. The van der Waals surface area contributed by atoms with Gasteiger partial charge in [0.05, 0.1) is 0 Å². The minimum atomic E-state index is -0.0697. The third-order valence-electron chi connectivity index (χ3n) is 3.98. The molecule has 1 saturated carbocycles. The number of rotatable bonds is 6. The first-order valence-corrected chi connectivity index (χ1v) is 6.79. The Kier molecular flexibility index (Phi) is 5.62. The van der Waals surface area contributed by atoms with Gasteiger partial charge >= 0.3 is 0 Å². The van der Waals surface area contributed by atoms with Gasteiger partial charge < -0.3 is 5.11 Å². The Balaban J connectivity index is 3.20. The van der Waals surface area contributed by atoms with Crippen LogP contribution in [-0.2, 0) is 0 Å². The molecule has 0 aromatic heterocycles.